The van der Waals surface area contributed by atoms with E-state index in [1.807, 2.05) is 30.3 Å². The third-order valence-corrected chi connectivity index (χ3v) is 3.46. The fraction of sp³-hybridized carbons (Fsp3) is 0.176. The Morgan fingerprint density at radius 2 is 2.04 bits per heavy atom. The summed E-state index contributed by atoms with van der Waals surface area (Å²) in [7, 11) is 1.50. The van der Waals surface area contributed by atoms with E-state index in [9.17, 15) is 5.11 Å². The van der Waals surface area contributed by atoms with Gasteiger partial charge in [0.1, 0.15) is 6.04 Å². The Bertz CT molecular complexity index is 769. The summed E-state index contributed by atoms with van der Waals surface area (Å²) in [5.74, 6) is 1.08. The van der Waals surface area contributed by atoms with Crippen LogP contribution in [0.1, 0.15) is 23.6 Å². The molecule has 0 fully saturated rings. The number of amidine groups is 1. The molecule has 2 aromatic carbocycles. The molecule has 1 heterocycles. The average Bonchev–Trinajstić information content (AvgIpc) is 3.06. The summed E-state index contributed by atoms with van der Waals surface area (Å²) < 4.78 is 5.05. The minimum Gasteiger partial charge on any atom is -0.504 e. The molecule has 0 aliphatic carbocycles. The molecule has 0 saturated carbocycles. The predicted octanol–water partition coefficient (Wildman–Crippen LogP) is 3.73. The minimum atomic E-state index is 0.0129. The molecule has 3 rings (SSSR count). The molecule has 1 atom stereocenters. The molecule has 1 aliphatic rings. The number of azo groups is 1. The van der Waals surface area contributed by atoms with Crippen molar-refractivity contribution in [2.24, 2.45) is 20.4 Å². The number of rotatable bonds is 4. The van der Waals surface area contributed by atoms with Crippen LogP contribution in [0.5, 0.6) is 11.5 Å². The SMILES string of the molecule is COc1cc(/C=N/N=C2/CC(c3ccccc3)N=N2)ccc1O. The molecule has 1 unspecified atom stereocenters. The van der Waals surface area contributed by atoms with Crippen molar-refractivity contribution in [1.82, 2.24) is 0 Å². The first kappa shape index (κ1) is 14.9. The van der Waals surface area contributed by atoms with E-state index in [2.05, 4.69) is 20.4 Å². The summed E-state index contributed by atoms with van der Waals surface area (Å²) >= 11 is 0. The molecule has 0 bridgehead atoms. The van der Waals surface area contributed by atoms with Crippen LogP contribution in [-0.2, 0) is 0 Å². The quantitative estimate of drug-likeness (QED) is 0.690. The van der Waals surface area contributed by atoms with Gasteiger partial charge in [-0.1, -0.05) is 30.3 Å². The lowest BCUT2D eigenvalue weighted by atomic mass is 10.1. The van der Waals surface area contributed by atoms with Gasteiger partial charge < -0.3 is 9.84 Å². The number of ether oxygens (including phenoxy) is 1. The zero-order valence-electron chi connectivity index (χ0n) is 12.6. The van der Waals surface area contributed by atoms with E-state index in [1.54, 1.807) is 24.4 Å². The van der Waals surface area contributed by atoms with Gasteiger partial charge in [-0.2, -0.15) is 10.2 Å². The van der Waals surface area contributed by atoms with Crippen LogP contribution in [0.4, 0.5) is 0 Å². The van der Waals surface area contributed by atoms with E-state index in [0.29, 0.717) is 18.0 Å². The molecule has 0 radical (unpaired) electrons. The fourth-order valence-corrected chi connectivity index (χ4v) is 2.25. The van der Waals surface area contributed by atoms with Gasteiger partial charge in [-0.05, 0) is 29.3 Å². The van der Waals surface area contributed by atoms with E-state index in [1.165, 1.54) is 7.11 Å². The summed E-state index contributed by atoms with van der Waals surface area (Å²) in [5, 5.41) is 26.0. The molecular formula is C17H16N4O2. The van der Waals surface area contributed by atoms with Gasteiger partial charge in [0.25, 0.3) is 0 Å². The van der Waals surface area contributed by atoms with E-state index in [4.69, 9.17) is 4.74 Å². The topological polar surface area (TPSA) is 78.9 Å². The third-order valence-electron chi connectivity index (χ3n) is 3.46. The highest BCUT2D eigenvalue weighted by Gasteiger charge is 2.19. The van der Waals surface area contributed by atoms with Gasteiger partial charge in [0.15, 0.2) is 17.3 Å². The van der Waals surface area contributed by atoms with Crippen molar-refractivity contribution in [2.75, 3.05) is 7.11 Å². The van der Waals surface area contributed by atoms with Crippen molar-refractivity contribution in [3.8, 4) is 11.5 Å². The fourth-order valence-electron chi connectivity index (χ4n) is 2.25. The average molecular weight is 308 g/mol. The van der Waals surface area contributed by atoms with Crippen molar-refractivity contribution < 1.29 is 9.84 Å². The minimum absolute atomic E-state index is 0.0129. The lowest BCUT2D eigenvalue weighted by Crippen LogP contribution is -1.95. The Morgan fingerprint density at radius 1 is 1.22 bits per heavy atom. The van der Waals surface area contributed by atoms with Crippen molar-refractivity contribution in [1.29, 1.82) is 0 Å². The van der Waals surface area contributed by atoms with Crippen molar-refractivity contribution in [2.45, 2.75) is 12.5 Å². The van der Waals surface area contributed by atoms with E-state index >= 15 is 0 Å². The molecule has 0 spiro atoms. The van der Waals surface area contributed by atoms with Crippen LogP contribution in [0.3, 0.4) is 0 Å². The summed E-state index contributed by atoms with van der Waals surface area (Å²) in [6, 6.07) is 15.0. The largest absolute Gasteiger partial charge is 0.504 e. The van der Waals surface area contributed by atoms with Crippen molar-refractivity contribution in [3.05, 3.63) is 59.7 Å². The van der Waals surface area contributed by atoms with Gasteiger partial charge in [-0.15, -0.1) is 10.2 Å². The Balaban J connectivity index is 1.66. The molecule has 1 aliphatic heterocycles. The summed E-state index contributed by atoms with van der Waals surface area (Å²) in [6.45, 7) is 0. The normalized spacial score (nSPS) is 18.8. The predicted molar refractivity (Wildman–Crippen MR) is 88.3 cm³/mol. The smallest absolute Gasteiger partial charge is 0.175 e. The number of hydrogen-bond donors (Lipinski definition) is 1. The maximum absolute atomic E-state index is 9.55. The first-order valence-corrected chi connectivity index (χ1v) is 7.19. The molecule has 1 N–H and O–H groups in total. The molecule has 0 saturated heterocycles. The highest BCUT2D eigenvalue weighted by Crippen LogP contribution is 2.27. The van der Waals surface area contributed by atoms with Gasteiger partial charge in [0, 0.05) is 6.42 Å². The van der Waals surface area contributed by atoms with Gasteiger partial charge in [-0.3, -0.25) is 0 Å². The van der Waals surface area contributed by atoms with Crippen LogP contribution < -0.4 is 4.74 Å². The lowest BCUT2D eigenvalue weighted by Gasteiger charge is -2.03. The molecular weight excluding hydrogens is 292 g/mol. The van der Waals surface area contributed by atoms with Gasteiger partial charge in [-0.25, -0.2) is 0 Å². The molecule has 116 valence electrons. The van der Waals surface area contributed by atoms with Crippen molar-refractivity contribution >= 4 is 12.1 Å². The van der Waals surface area contributed by atoms with Crippen LogP contribution in [0.25, 0.3) is 0 Å². The van der Waals surface area contributed by atoms with Crippen molar-refractivity contribution in [3.63, 3.8) is 0 Å². The lowest BCUT2D eigenvalue weighted by molar-refractivity contribution is 0.373. The van der Waals surface area contributed by atoms with Gasteiger partial charge in [0.05, 0.1) is 13.3 Å². The molecule has 23 heavy (non-hydrogen) atoms. The standard InChI is InChI=1S/C17H16N4O2/c1-23-16-9-12(7-8-15(16)22)11-18-20-17-10-14(19-21-17)13-5-3-2-4-6-13/h2-9,11,14,22H,10H2,1H3/b18-11+,20-17-. The second kappa shape index (κ2) is 6.83. The number of phenols is 1. The highest BCUT2D eigenvalue weighted by molar-refractivity contribution is 5.86. The van der Waals surface area contributed by atoms with Crippen LogP contribution >= 0.6 is 0 Å². The van der Waals surface area contributed by atoms with Crippen LogP contribution in [0.15, 0.2) is 69.0 Å². The molecule has 0 amide bonds. The second-order valence-electron chi connectivity index (χ2n) is 5.04. The van der Waals surface area contributed by atoms with Gasteiger partial charge in [0.2, 0.25) is 0 Å². The number of aromatic hydroxyl groups is 1. The van der Waals surface area contributed by atoms with E-state index in [-0.39, 0.29) is 11.8 Å². The second-order valence-corrected chi connectivity index (χ2v) is 5.04. The Morgan fingerprint density at radius 3 is 2.83 bits per heavy atom. The zero-order valence-corrected chi connectivity index (χ0v) is 12.6. The number of hydrogen-bond acceptors (Lipinski definition) is 5. The Hall–Kier alpha value is -3.02. The number of phenolic OH excluding ortho intramolecular Hbond substituents is 1. The van der Waals surface area contributed by atoms with Crippen LogP contribution in [0, 0.1) is 0 Å². The maximum Gasteiger partial charge on any atom is 0.175 e. The van der Waals surface area contributed by atoms with Gasteiger partial charge >= 0.3 is 0 Å². The Kier molecular flexibility index (Phi) is 4.42. The summed E-state index contributed by atoms with van der Waals surface area (Å²) in [6.07, 6.45) is 2.22. The molecule has 6 heteroatoms. The third kappa shape index (κ3) is 3.60. The van der Waals surface area contributed by atoms with E-state index < -0.39 is 0 Å². The summed E-state index contributed by atoms with van der Waals surface area (Å²) in [5.41, 5.74) is 1.90. The number of nitrogens with zero attached hydrogens (tertiary/aromatic N) is 4. The Labute approximate surface area is 133 Å². The first-order valence-electron chi connectivity index (χ1n) is 7.19. The van der Waals surface area contributed by atoms with Crippen LogP contribution in [-0.4, -0.2) is 24.3 Å². The van der Waals surface area contributed by atoms with E-state index in [0.717, 1.165) is 11.1 Å². The number of benzene rings is 2. The summed E-state index contributed by atoms with van der Waals surface area (Å²) in [4.78, 5) is 0. The molecule has 2 aromatic rings. The van der Waals surface area contributed by atoms with Crippen LogP contribution in [0.2, 0.25) is 0 Å². The monoisotopic (exact) mass is 308 g/mol. The zero-order chi connectivity index (χ0) is 16.1. The first-order chi connectivity index (χ1) is 11.3. The maximum atomic E-state index is 9.55. The molecule has 6 nitrogen and oxygen atoms in total. The molecule has 0 aromatic heterocycles. The highest BCUT2D eigenvalue weighted by atomic mass is 16.5. The number of methoxy groups -OCH3 is 1.